The monoisotopic (exact) mass is 266 g/mol. The van der Waals surface area contributed by atoms with Gasteiger partial charge in [0.25, 0.3) is 5.56 Å². The average molecular weight is 266 g/mol. The van der Waals surface area contributed by atoms with E-state index in [4.69, 9.17) is 4.74 Å². The lowest BCUT2D eigenvalue weighted by molar-refractivity contribution is 0.415. The second kappa shape index (κ2) is 4.81. The molecule has 1 heterocycles. The zero-order valence-corrected chi connectivity index (χ0v) is 11.3. The van der Waals surface area contributed by atoms with Crippen molar-refractivity contribution < 1.29 is 4.74 Å². The SMILES string of the molecule is COc1cccc(-c2ccc3c(=O)[nH]c(C)nc3c2)c1. The molecule has 4 heteroatoms. The number of hydrogen-bond donors (Lipinski definition) is 1. The molecule has 0 saturated carbocycles. The predicted molar refractivity (Wildman–Crippen MR) is 79.1 cm³/mol. The first-order valence-corrected chi connectivity index (χ1v) is 6.32. The minimum Gasteiger partial charge on any atom is -0.497 e. The van der Waals surface area contributed by atoms with Crippen LogP contribution in [0.25, 0.3) is 22.0 Å². The number of benzene rings is 2. The van der Waals surface area contributed by atoms with Gasteiger partial charge in [0.1, 0.15) is 11.6 Å². The van der Waals surface area contributed by atoms with Crippen LogP contribution in [0.3, 0.4) is 0 Å². The van der Waals surface area contributed by atoms with Gasteiger partial charge >= 0.3 is 0 Å². The lowest BCUT2D eigenvalue weighted by Gasteiger charge is -2.06. The number of H-pyrrole nitrogens is 1. The Balaban J connectivity index is 2.19. The van der Waals surface area contributed by atoms with E-state index >= 15 is 0 Å². The zero-order chi connectivity index (χ0) is 14.1. The van der Waals surface area contributed by atoms with Crippen LogP contribution in [0.1, 0.15) is 5.82 Å². The standard InChI is InChI=1S/C16H14N2O2/c1-10-17-15-9-12(6-7-14(15)16(19)18-10)11-4-3-5-13(8-11)20-2/h3-9H,1-2H3,(H,17,18,19). The van der Waals surface area contributed by atoms with Crippen LogP contribution >= 0.6 is 0 Å². The molecule has 0 amide bonds. The van der Waals surface area contributed by atoms with E-state index in [0.717, 1.165) is 16.9 Å². The van der Waals surface area contributed by atoms with E-state index < -0.39 is 0 Å². The average Bonchev–Trinajstić information content (AvgIpc) is 2.46. The number of fused-ring (bicyclic) bond motifs is 1. The minimum atomic E-state index is -0.107. The van der Waals surface area contributed by atoms with Crippen LogP contribution in [0.15, 0.2) is 47.3 Å². The van der Waals surface area contributed by atoms with Crippen molar-refractivity contribution in [3.05, 3.63) is 58.6 Å². The number of aryl methyl sites for hydroxylation is 1. The van der Waals surface area contributed by atoms with Gasteiger partial charge in [-0.25, -0.2) is 4.98 Å². The Morgan fingerprint density at radius 1 is 1.10 bits per heavy atom. The third-order valence-electron chi connectivity index (χ3n) is 3.23. The molecular weight excluding hydrogens is 252 g/mol. The molecule has 0 aliphatic carbocycles. The normalized spacial score (nSPS) is 10.7. The summed E-state index contributed by atoms with van der Waals surface area (Å²) in [4.78, 5) is 18.9. The Kier molecular flexibility index (Phi) is 2.99. The van der Waals surface area contributed by atoms with E-state index in [9.17, 15) is 4.79 Å². The molecule has 100 valence electrons. The number of hydrogen-bond acceptors (Lipinski definition) is 3. The third kappa shape index (κ3) is 2.16. The molecule has 0 fully saturated rings. The van der Waals surface area contributed by atoms with Crippen molar-refractivity contribution in [2.24, 2.45) is 0 Å². The van der Waals surface area contributed by atoms with Gasteiger partial charge in [0.05, 0.1) is 18.0 Å². The molecule has 0 aliphatic heterocycles. The van der Waals surface area contributed by atoms with Gasteiger partial charge in [0.15, 0.2) is 0 Å². The molecular formula is C16H14N2O2. The predicted octanol–water partition coefficient (Wildman–Crippen LogP) is 2.91. The summed E-state index contributed by atoms with van der Waals surface area (Å²) in [5, 5.41) is 0.599. The fraction of sp³-hybridized carbons (Fsp3) is 0.125. The summed E-state index contributed by atoms with van der Waals surface area (Å²) in [6.07, 6.45) is 0. The first-order chi connectivity index (χ1) is 9.67. The van der Waals surface area contributed by atoms with Gasteiger partial charge in [-0.15, -0.1) is 0 Å². The highest BCUT2D eigenvalue weighted by atomic mass is 16.5. The van der Waals surface area contributed by atoms with Crippen LogP contribution in [0.2, 0.25) is 0 Å². The highest BCUT2D eigenvalue weighted by Gasteiger charge is 2.05. The summed E-state index contributed by atoms with van der Waals surface area (Å²) < 4.78 is 5.23. The molecule has 1 aromatic heterocycles. The Bertz CT molecular complexity index is 837. The van der Waals surface area contributed by atoms with Gasteiger partial charge in [0.2, 0.25) is 0 Å². The van der Waals surface area contributed by atoms with Crippen LogP contribution in [-0.4, -0.2) is 17.1 Å². The summed E-state index contributed by atoms with van der Waals surface area (Å²) in [5.74, 6) is 1.42. The number of ether oxygens (including phenoxy) is 1. The van der Waals surface area contributed by atoms with Crippen LogP contribution in [0, 0.1) is 6.92 Å². The van der Waals surface area contributed by atoms with E-state index in [2.05, 4.69) is 9.97 Å². The summed E-state index contributed by atoms with van der Waals surface area (Å²) in [6.45, 7) is 1.78. The van der Waals surface area contributed by atoms with Crippen LogP contribution in [0.5, 0.6) is 5.75 Å². The van der Waals surface area contributed by atoms with Gasteiger partial charge < -0.3 is 9.72 Å². The lowest BCUT2D eigenvalue weighted by atomic mass is 10.0. The summed E-state index contributed by atoms with van der Waals surface area (Å²) in [5.41, 5.74) is 2.64. The fourth-order valence-electron chi connectivity index (χ4n) is 2.24. The topological polar surface area (TPSA) is 55.0 Å². The van der Waals surface area contributed by atoms with E-state index in [1.54, 1.807) is 20.1 Å². The molecule has 1 N–H and O–H groups in total. The van der Waals surface area contributed by atoms with Crippen LogP contribution in [0.4, 0.5) is 0 Å². The molecule has 3 rings (SSSR count). The number of aromatic nitrogens is 2. The maximum absolute atomic E-state index is 11.8. The van der Waals surface area contributed by atoms with Crippen molar-refractivity contribution in [1.82, 2.24) is 9.97 Å². The van der Waals surface area contributed by atoms with Gasteiger partial charge in [-0.3, -0.25) is 4.79 Å². The van der Waals surface area contributed by atoms with Gasteiger partial charge in [-0.05, 0) is 42.3 Å². The minimum absolute atomic E-state index is 0.107. The van der Waals surface area contributed by atoms with Crippen molar-refractivity contribution >= 4 is 10.9 Å². The number of nitrogens with zero attached hydrogens (tertiary/aromatic N) is 1. The summed E-state index contributed by atoms with van der Waals surface area (Å²) in [6, 6.07) is 13.4. The van der Waals surface area contributed by atoms with Crippen molar-refractivity contribution in [3.63, 3.8) is 0 Å². The van der Waals surface area contributed by atoms with Crippen molar-refractivity contribution in [2.75, 3.05) is 7.11 Å². The molecule has 20 heavy (non-hydrogen) atoms. The first-order valence-electron chi connectivity index (χ1n) is 6.32. The quantitative estimate of drug-likeness (QED) is 0.776. The second-order valence-electron chi connectivity index (χ2n) is 4.62. The van der Waals surface area contributed by atoms with Crippen LogP contribution in [-0.2, 0) is 0 Å². The van der Waals surface area contributed by atoms with Crippen molar-refractivity contribution in [3.8, 4) is 16.9 Å². The Morgan fingerprint density at radius 3 is 2.70 bits per heavy atom. The van der Waals surface area contributed by atoms with Gasteiger partial charge in [0, 0.05) is 0 Å². The molecule has 0 radical (unpaired) electrons. The van der Waals surface area contributed by atoms with Crippen molar-refractivity contribution in [1.29, 1.82) is 0 Å². The first kappa shape index (κ1) is 12.4. The molecule has 0 spiro atoms. The van der Waals surface area contributed by atoms with E-state index in [-0.39, 0.29) is 5.56 Å². The third-order valence-corrected chi connectivity index (χ3v) is 3.23. The summed E-state index contributed by atoms with van der Waals surface area (Å²) in [7, 11) is 1.64. The molecule has 0 atom stereocenters. The summed E-state index contributed by atoms with van der Waals surface area (Å²) >= 11 is 0. The smallest absolute Gasteiger partial charge is 0.258 e. The number of methoxy groups -OCH3 is 1. The number of rotatable bonds is 2. The van der Waals surface area contributed by atoms with E-state index in [0.29, 0.717) is 16.7 Å². The molecule has 0 unspecified atom stereocenters. The molecule has 3 aromatic rings. The lowest BCUT2D eigenvalue weighted by Crippen LogP contribution is -2.09. The van der Waals surface area contributed by atoms with Gasteiger partial charge in [-0.2, -0.15) is 0 Å². The largest absolute Gasteiger partial charge is 0.497 e. The Morgan fingerprint density at radius 2 is 1.90 bits per heavy atom. The van der Waals surface area contributed by atoms with Crippen LogP contribution < -0.4 is 10.3 Å². The van der Waals surface area contributed by atoms with Gasteiger partial charge in [-0.1, -0.05) is 18.2 Å². The molecule has 2 aromatic carbocycles. The zero-order valence-electron chi connectivity index (χ0n) is 11.3. The fourth-order valence-corrected chi connectivity index (χ4v) is 2.24. The highest BCUT2D eigenvalue weighted by Crippen LogP contribution is 2.25. The number of nitrogens with one attached hydrogen (secondary N) is 1. The Hall–Kier alpha value is -2.62. The van der Waals surface area contributed by atoms with E-state index in [1.807, 2.05) is 36.4 Å². The molecule has 0 bridgehead atoms. The second-order valence-corrected chi connectivity index (χ2v) is 4.62. The molecule has 0 saturated heterocycles. The van der Waals surface area contributed by atoms with Crippen molar-refractivity contribution in [2.45, 2.75) is 6.92 Å². The number of aromatic amines is 1. The maximum atomic E-state index is 11.8. The molecule has 4 nitrogen and oxygen atoms in total. The maximum Gasteiger partial charge on any atom is 0.258 e. The highest BCUT2D eigenvalue weighted by molar-refractivity contribution is 5.83. The molecule has 0 aliphatic rings. The Labute approximate surface area is 116 Å². The van der Waals surface area contributed by atoms with E-state index in [1.165, 1.54) is 0 Å².